The molecule has 0 aromatic rings. The molecule has 7 nitrogen and oxygen atoms in total. The van der Waals surface area contributed by atoms with Gasteiger partial charge >= 0.3 is 60.0 Å². The van der Waals surface area contributed by atoms with Gasteiger partial charge in [-0.05, 0) is 0 Å². The first-order valence-electron chi connectivity index (χ1n) is 1.76. The molecule has 0 aliphatic carbocycles. The van der Waals surface area contributed by atoms with E-state index in [4.69, 9.17) is 17.8 Å². The van der Waals surface area contributed by atoms with Crippen LogP contribution in [0.2, 0.25) is 0 Å². The van der Waals surface area contributed by atoms with Gasteiger partial charge in [0.25, 0.3) is 0 Å². The van der Waals surface area contributed by atoms with E-state index in [1.807, 2.05) is 0 Å². The van der Waals surface area contributed by atoms with Crippen LogP contribution < -0.4 is 0 Å². The van der Waals surface area contributed by atoms with Crippen LogP contribution in [0, 0.1) is 0 Å². The van der Waals surface area contributed by atoms with Gasteiger partial charge in [-0.2, -0.15) is 0 Å². The second kappa shape index (κ2) is 32.2. The molecule has 0 amide bonds. The minimum atomic E-state index is -1.42. The summed E-state index contributed by atoms with van der Waals surface area (Å²) in [6.45, 7) is 0. The van der Waals surface area contributed by atoms with Crippen molar-refractivity contribution in [2.45, 2.75) is 0 Å². The fourth-order valence-corrected chi connectivity index (χ4v) is 0.204. The normalized spacial score (nSPS) is 3.27. The summed E-state index contributed by atoms with van der Waals surface area (Å²) >= 11 is -2.48. The van der Waals surface area contributed by atoms with Crippen LogP contribution in [0.5, 0.6) is 0 Å². The number of rotatable bonds is 2. The van der Waals surface area contributed by atoms with Crippen LogP contribution in [0.4, 0.5) is 0 Å². The predicted octanol–water partition coefficient (Wildman–Crippen LogP) is -2.30. The molecule has 11 heteroatoms. The molecular weight excluding hydrogens is 222 g/mol. The summed E-state index contributed by atoms with van der Waals surface area (Å²) in [5, 5.41) is 0. The van der Waals surface area contributed by atoms with E-state index in [1.165, 1.54) is 0 Å². The van der Waals surface area contributed by atoms with Gasteiger partial charge in [0, 0.05) is 0 Å². The van der Waals surface area contributed by atoms with E-state index in [0.717, 1.165) is 0 Å². The maximum atomic E-state index is 9.21. The quantitative estimate of drug-likeness (QED) is 0.482. The zero-order valence-corrected chi connectivity index (χ0v) is 9.32. The summed E-state index contributed by atoms with van der Waals surface area (Å²) in [5.41, 5.74) is 0. The first-order valence-corrected chi connectivity index (χ1v) is 5.28. The van der Waals surface area contributed by atoms with E-state index in [2.05, 4.69) is 2.84 Å². The summed E-state index contributed by atoms with van der Waals surface area (Å²) in [6, 6.07) is 0. The van der Waals surface area contributed by atoms with Crippen LogP contribution in [0.3, 0.4) is 0 Å². The molecule has 0 aliphatic heterocycles. The molecule has 0 saturated carbocycles. The summed E-state index contributed by atoms with van der Waals surface area (Å²) in [7, 11) is -2.83. The van der Waals surface area contributed by atoms with Gasteiger partial charge in [0.1, 0.15) is 0 Å². The first kappa shape index (κ1) is 17.3. The van der Waals surface area contributed by atoms with Crippen molar-refractivity contribution in [3.8, 4) is 0 Å². The summed E-state index contributed by atoms with van der Waals surface area (Å²) in [5.74, 6) is 0. The molecule has 11 heavy (non-hydrogen) atoms. The average Bonchev–Trinajstić information content (AvgIpc) is 1.92. The first-order chi connectivity index (χ1) is 5.24. The van der Waals surface area contributed by atoms with E-state index in [9.17, 15) is 7.61 Å². The third-order valence-electron chi connectivity index (χ3n) is 0.111. The van der Waals surface area contributed by atoms with Crippen molar-refractivity contribution in [2.24, 2.45) is 0 Å². The Morgan fingerprint density at radius 1 is 0.818 bits per heavy atom. The van der Waals surface area contributed by atoms with E-state index in [-0.39, 0.29) is 0 Å². The van der Waals surface area contributed by atoms with Gasteiger partial charge in [0.05, 0.1) is 0 Å². The van der Waals surface area contributed by atoms with E-state index in [1.54, 1.807) is 0 Å². The van der Waals surface area contributed by atoms with Crippen LogP contribution in [0.1, 0.15) is 0 Å². The fraction of sp³-hybridized carbons (Fsp3) is 0. The van der Waals surface area contributed by atoms with Crippen molar-refractivity contribution in [3.05, 3.63) is 0 Å². The molecule has 56 valence electrons. The Kier molecular flexibility index (Phi) is 50.5. The molecule has 0 aromatic heterocycles. The summed E-state index contributed by atoms with van der Waals surface area (Å²) in [6.07, 6.45) is 0. The van der Waals surface area contributed by atoms with Crippen LogP contribution in [0.15, 0.2) is 0 Å². The summed E-state index contributed by atoms with van der Waals surface area (Å²) in [4.78, 5) is 0. The topological polar surface area (TPSA) is 112 Å². The standard InChI is InChI=1S/2Al.2O2Si.3O/c;;2*1-3-2;;;. The Hall–Kier alpha value is 0.0987. The van der Waals surface area contributed by atoms with Crippen molar-refractivity contribution in [3.63, 3.8) is 0 Å². The van der Waals surface area contributed by atoms with Crippen LogP contribution in [0.25, 0.3) is 0 Å². The van der Waals surface area contributed by atoms with E-state index < -0.39 is 49.6 Å². The van der Waals surface area contributed by atoms with E-state index in [0.29, 0.717) is 0 Å². The molecule has 0 radical (unpaired) electrons. The van der Waals surface area contributed by atoms with Gasteiger partial charge in [0.15, 0.2) is 0 Å². The molecule has 0 unspecified atom stereocenters. The molecule has 0 atom stereocenters. The molecule has 0 bridgehead atoms. The average molecular weight is 222 g/mol. The van der Waals surface area contributed by atoms with Crippen LogP contribution in [-0.2, 0) is 28.3 Å². The molecule has 0 fully saturated rings. The van der Waals surface area contributed by atoms with Crippen molar-refractivity contribution in [1.82, 2.24) is 0 Å². The third kappa shape index (κ3) is 150. The van der Waals surface area contributed by atoms with Gasteiger partial charge in [-0.15, -0.1) is 0 Å². The van der Waals surface area contributed by atoms with E-state index >= 15 is 0 Å². The fourth-order valence-electron chi connectivity index (χ4n) is 0.0227. The SMILES string of the molecule is O=[Si]=O.O=[Si]=O.[O]=[Al][O][Al]=[O]. The Bertz CT molecular complexity index is 134. The molecule has 0 spiro atoms. The molecule has 0 heterocycles. The number of hydrogen-bond acceptors (Lipinski definition) is 7. The van der Waals surface area contributed by atoms with Gasteiger partial charge in [0.2, 0.25) is 0 Å². The van der Waals surface area contributed by atoms with Crippen molar-refractivity contribution < 1.29 is 28.3 Å². The Balaban J connectivity index is -0.0000000933. The Labute approximate surface area is 77.9 Å². The summed E-state index contributed by atoms with van der Waals surface area (Å²) < 4.78 is 55.9. The third-order valence-corrected chi connectivity index (χ3v) is 1.00. The van der Waals surface area contributed by atoms with Gasteiger partial charge in [-0.25, -0.2) is 0 Å². The zero-order valence-electron chi connectivity index (χ0n) is 5.01. The second-order valence-electron chi connectivity index (χ2n) is 0.495. The van der Waals surface area contributed by atoms with Gasteiger partial charge < -0.3 is 0 Å². The minimum absolute atomic E-state index is 1.24. The zero-order chi connectivity index (χ0) is 9.54. The van der Waals surface area contributed by atoms with Gasteiger partial charge in [-0.3, -0.25) is 17.8 Å². The molecule has 0 N–H and O–H groups in total. The molecule has 0 aromatic carbocycles. The van der Waals surface area contributed by atoms with Gasteiger partial charge in [-0.1, -0.05) is 0 Å². The second-order valence-corrected chi connectivity index (χ2v) is 2.30. The van der Waals surface area contributed by atoms with Crippen molar-refractivity contribution >= 4 is 49.6 Å². The Morgan fingerprint density at radius 3 is 1.00 bits per heavy atom. The number of hydrogen-bond donors (Lipinski definition) is 0. The van der Waals surface area contributed by atoms with Crippen LogP contribution in [-0.4, -0.2) is 49.6 Å². The monoisotopic (exact) mass is 222 g/mol. The maximum absolute atomic E-state index is 9.21. The van der Waals surface area contributed by atoms with Crippen molar-refractivity contribution in [1.29, 1.82) is 0 Å². The molecular formula is Al2O7Si2. The molecule has 0 aliphatic rings. The van der Waals surface area contributed by atoms with Crippen LogP contribution >= 0.6 is 0 Å². The molecule has 0 rings (SSSR count). The Morgan fingerprint density at radius 2 is 1.00 bits per heavy atom. The van der Waals surface area contributed by atoms with Crippen molar-refractivity contribution in [2.75, 3.05) is 0 Å². The predicted molar refractivity (Wildman–Crippen MR) is 28.2 cm³/mol. The molecule has 0 saturated heterocycles.